The number of benzene rings is 1. The molecule has 2 aromatic heterocycles. The lowest BCUT2D eigenvalue weighted by atomic mass is 9.93. The first-order valence-corrected chi connectivity index (χ1v) is 11.7. The molecule has 9 heteroatoms. The summed E-state index contributed by atoms with van der Waals surface area (Å²) in [5, 5.41) is 17.2. The van der Waals surface area contributed by atoms with E-state index in [0.717, 1.165) is 19.3 Å². The first-order valence-electron chi connectivity index (χ1n) is 11.7. The summed E-state index contributed by atoms with van der Waals surface area (Å²) < 4.78 is 19.8. The van der Waals surface area contributed by atoms with Crippen molar-refractivity contribution < 1.29 is 20.4 Å². The molecule has 0 saturated carbocycles. The number of methoxy groups -OCH3 is 1. The van der Waals surface area contributed by atoms with Crippen molar-refractivity contribution in [3.63, 3.8) is 0 Å². The van der Waals surface area contributed by atoms with Gasteiger partial charge in [-0.05, 0) is 42.9 Å². The molecule has 1 aromatic carbocycles. The number of nitrogens with one attached hydrogen (secondary N) is 1. The van der Waals surface area contributed by atoms with E-state index >= 15 is 0 Å². The smallest absolute Gasteiger partial charge is 0.242 e. The second-order valence-corrected chi connectivity index (χ2v) is 9.46. The maximum absolute atomic E-state index is 13.1. The molecule has 0 aliphatic rings. The van der Waals surface area contributed by atoms with Crippen LogP contribution in [0.15, 0.2) is 30.3 Å². The van der Waals surface area contributed by atoms with Gasteiger partial charge in [-0.3, -0.25) is 10.2 Å². The predicted molar refractivity (Wildman–Crippen MR) is 131 cm³/mol. The number of rotatable bonds is 11. The minimum atomic E-state index is -0.213. The normalized spacial score (nSPS) is 11.7. The van der Waals surface area contributed by atoms with Crippen LogP contribution in [-0.4, -0.2) is 45.0 Å². The number of carbonyl (C=O) groups is 1. The Hall–Kier alpha value is -3.36. The molecule has 0 atom stereocenters. The van der Waals surface area contributed by atoms with Crippen LogP contribution in [0.4, 0.5) is 0 Å². The average Bonchev–Trinajstić information content (AvgIpc) is 3.11. The molecule has 0 aliphatic carbocycles. The van der Waals surface area contributed by atoms with E-state index in [9.17, 15) is 4.79 Å². The molecule has 3 aromatic rings. The number of nitrogens with zero attached hydrogens (tertiary/aromatic N) is 4. The monoisotopic (exact) mass is 471 g/mol. The van der Waals surface area contributed by atoms with E-state index in [2.05, 4.69) is 44.8 Å². The van der Waals surface area contributed by atoms with E-state index in [1.165, 1.54) is 9.20 Å². The third kappa shape index (κ3) is 6.36. The van der Waals surface area contributed by atoms with Crippen molar-refractivity contribution in [2.24, 2.45) is 5.41 Å². The van der Waals surface area contributed by atoms with Crippen LogP contribution >= 0.6 is 0 Å². The molecule has 9 nitrogen and oxygen atoms in total. The number of ketones is 1. The van der Waals surface area contributed by atoms with Gasteiger partial charge in [0.15, 0.2) is 11.4 Å². The van der Waals surface area contributed by atoms with Crippen molar-refractivity contribution in [3.05, 3.63) is 41.5 Å². The fraction of sp³-hybridized carbons (Fsp3) is 0.520. The highest BCUT2D eigenvalue weighted by molar-refractivity contribution is 5.96. The Morgan fingerprint density at radius 1 is 1.12 bits per heavy atom. The van der Waals surface area contributed by atoms with Gasteiger partial charge in [0.1, 0.15) is 18.0 Å². The second kappa shape index (κ2) is 10.7. The molecule has 0 amide bonds. The van der Waals surface area contributed by atoms with Crippen molar-refractivity contribution in [2.45, 2.75) is 66.5 Å². The molecule has 3 rings (SSSR count). The summed E-state index contributed by atoms with van der Waals surface area (Å²) in [6, 6.07) is 8.59. The van der Waals surface area contributed by atoms with Crippen LogP contribution in [-0.2, 0) is 6.54 Å². The molecule has 0 bridgehead atoms. The van der Waals surface area contributed by atoms with Crippen molar-refractivity contribution in [1.29, 1.82) is 5.41 Å². The molecular weight excluding hydrogens is 434 g/mol. The molecule has 2 heterocycles. The number of aromatic nitrogens is 4. The summed E-state index contributed by atoms with van der Waals surface area (Å²) in [7, 11) is 1.55. The number of hydrogen-bond donors (Lipinski definition) is 1. The molecule has 0 radical (unpaired) electrons. The van der Waals surface area contributed by atoms with E-state index in [1.807, 2.05) is 0 Å². The Morgan fingerprint density at radius 3 is 2.47 bits per heavy atom. The van der Waals surface area contributed by atoms with E-state index in [1.54, 1.807) is 37.4 Å². The second-order valence-electron chi connectivity index (χ2n) is 9.46. The van der Waals surface area contributed by atoms with Gasteiger partial charge in [0.05, 0.1) is 19.8 Å². The van der Waals surface area contributed by atoms with Gasteiger partial charge in [0.25, 0.3) is 0 Å². The highest BCUT2D eigenvalue weighted by Gasteiger charge is 2.16. The topological polar surface area (TPSA) is 104 Å². The molecule has 0 unspecified atom stereocenters. The Morgan fingerprint density at radius 2 is 1.82 bits per heavy atom. The van der Waals surface area contributed by atoms with E-state index < -0.39 is 0 Å². The summed E-state index contributed by atoms with van der Waals surface area (Å²) in [6.45, 7) is 11.0. The maximum Gasteiger partial charge on any atom is 0.242 e. The standard InChI is InChI=1S/C25H35N5O4.H2/c1-7-18(8-2)34-23-10-9-22-27-29(24(26)30(22)28-23)16-21(31)17-13-19(32-6)15-20(14-17)33-12-11-25(3,4)5;/h9-10,13-15,18,26H,7-8,11-12,16H2,1-6H3;1H. The molecule has 186 valence electrons. The summed E-state index contributed by atoms with van der Waals surface area (Å²) >= 11 is 0. The Balaban J connectivity index is 0.00000432. The Labute approximate surface area is 201 Å². The van der Waals surface area contributed by atoms with Crippen LogP contribution < -0.4 is 19.8 Å². The Bertz CT molecular complexity index is 1190. The molecular formula is C25H37N5O4. The van der Waals surface area contributed by atoms with Crippen molar-refractivity contribution in [2.75, 3.05) is 13.7 Å². The summed E-state index contributed by atoms with van der Waals surface area (Å²) in [4.78, 5) is 13.1. The number of hydrogen-bond acceptors (Lipinski definition) is 7. The number of Topliss-reactive ketones (excluding diaryl/α,β-unsaturated/α-hetero) is 1. The van der Waals surface area contributed by atoms with Crippen molar-refractivity contribution in [1.82, 2.24) is 19.4 Å². The van der Waals surface area contributed by atoms with Gasteiger partial charge in [-0.1, -0.05) is 34.6 Å². The zero-order chi connectivity index (χ0) is 24.9. The predicted octanol–water partition coefficient (Wildman–Crippen LogP) is 4.53. The van der Waals surface area contributed by atoms with E-state index in [-0.39, 0.29) is 30.9 Å². The quantitative estimate of drug-likeness (QED) is 0.412. The largest absolute Gasteiger partial charge is 0.497 e. The zero-order valence-corrected chi connectivity index (χ0v) is 20.9. The maximum atomic E-state index is 13.1. The summed E-state index contributed by atoms with van der Waals surface area (Å²) in [5.41, 5.74) is 1.03. The van der Waals surface area contributed by atoms with Gasteiger partial charge in [-0.2, -0.15) is 4.52 Å². The van der Waals surface area contributed by atoms with Crippen LogP contribution in [0, 0.1) is 10.8 Å². The van der Waals surface area contributed by atoms with Crippen LogP contribution in [0.3, 0.4) is 0 Å². The highest BCUT2D eigenvalue weighted by atomic mass is 16.5. The highest BCUT2D eigenvalue weighted by Crippen LogP contribution is 2.25. The lowest BCUT2D eigenvalue weighted by Gasteiger charge is -2.18. The van der Waals surface area contributed by atoms with E-state index in [0.29, 0.717) is 35.2 Å². The van der Waals surface area contributed by atoms with Crippen LogP contribution in [0.5, 0.6) is 17.4 Å². The van der Waals surface area contributed by atoms with Gasteiger partial charge in [0.2, 0.25) is 11.5 Å². The third-order valence-corrected chi connectivity index (χ3v) is 5.51. The summed E-state index contributed by atoms with van der Waals surface area (Å²) in [6.07, 6.45) is 2.67. The molecule has 0 fully saturated rings. The van der Waals surface area contributed by atoms with Crippen LogP contribution in [0.25, 0.3) is 5.65 Å². The van der Waals surface area contributed by atoms with Crippen LogP contribution in [0.1, 0.15) is 65.7 Å². The first-order chi connectivity index (χ1) is 16.1. The lowest BCUT2D eigenvalue weighted by molar-refractivity contribution is 0.0964. The van der Waals surface area contributed by atoms with Gasteiger partial charge in [0, 0.05) is 19.1 Å². The van der Waals surface area contributed by atoms with Gasteiger partial charge in [-0.25, -0.2) is 4.68 Å². The fourth-order valence-electron chi connectivity index (χ4n) is 3.35. The third-order valence-electron chi connectivity index (χ3n) is 5.51. The molecule has 0 aliphatic heterocycles. The first kappa shape index (κ1) is 25.3. The van der Waals surface area contributed by atoms with Gasteiger partial charge >= 0.3 is 0 Å². The average molecular weight is 472 g/mol. The number of ether oxygens (including phenoxy) is 3. The minimum absolute atomic E-state index is 0. The summed E-state index contributed by atoms with van der Waals surface area (Å²) in [5.74, 6) is 1.32. The molecule has 0 spiro atoms. The molecule has 1 N–H and O–H groups in total. The lowest BCUT2D eigenvalue weighted by Crippen LogP contribution is -2.26. The van der Waals surface area contributed by atoms with Gasteiger partial charge < -0.3 is 14.2 Å². The van der Waals surface area contributed by atoms with Crippen molar-refractivity contribution in [3.8, 4) is 17.4 Å². The van der Waals surface area contributed by atoms with Gasteiger partial charge in [-0.15, -0.1) is 10.2 Å². The molecule has 34 heavy (non-hydrogen) atoms. The number of fused-ring (bicyclic) bond motifs is 1. The fourth-order valence-corrected chi connectivity index (χ4v) is 3.35. The minimum Gasteiger partial charge on any atom is -0.497 e. The van der Waals surface area contributed by atoms with E-state index in [4.69, 9.17) is 19.6 Å². The van der Waals surface area contributed by atoms with Crippen LogP contribution in [0.2, 0.25) is 0 Å². The zero-order valence-electron chi connectivity index (χ0n) is 20.9. The Kier molecular flexibility index (Phi) is 7.96. The number of carbonyl (C=O) groups excluding carboxylic acids is 1. The van der Waals surface area contributed by atoms with Crippen molar-refractivity contribution >= 4 is 11.4 Å². The molecule has 0 saturated heterocycles. The SMILES string of the molecule is CCC(CC)Oc1ccc2nn(CC(=O)c3cc(OC)cc(OCCC(C)(C)C)c3)c(=N)n2n1.[HH].